The van der Waals surface area contributed by atoms with E-state index < -0.39 is 0 Å². The van der Waals surface area contributed by atoms with Crippen LogP contribution in [0.1, 0.15) is 24.4 Å². The number of carbonyl (C=O) groups is 1. The van der Waals surface area contributed by atoms with Crippen molar-refractivity contribution in [3.63, 3.8) is 0 Å². The van der Waals surface area contributed by atoms with E-state index in [1.807, 2.05) is 47.4 Å². The first-order valence-electron chi connectivity index (χ1n) is 8.94. The third-order valence-corrected chi connectivity index (χ3v) is 5.75. The summed E-state index contributed by atoms with van der Waals surface area (Å²) in [5, 5.41) is 0. The van der Waals surface area contributed by atoms with Crippen molar-refractivity contribution < 1.29 is 19.0 Å². The highest BCUT2D eigenvalue weighted by molar-refractivity contribution is 8.00. The Labute approximate surface area is 164 Å². The van der Waals surface area contributed by atoms with Crippen molar-refractivity contribution in [3.05, 3.63) is 48.0 Å². The number of carbonyl (C=O) groups excluding carboxylic acids is 1. The first-order chi connectivity index (χ1) is 13.2. The number of hydrogen-bond donors (Lipinski definition) is 0. The second-order valence-corrected chi connectivity index (χ2v) is 7.37. The molecule has 1 atom stereocenters. The number of likely N-dealkylation sites (tertiary alicyclic amines) is 1. The number of amides is 1. The molecule has 0 aromatic heterocycles. The van der Waals surface area contributed by atoms with Crippen LogP contribution in [-0.2, 0) is 4.79 Å². The first kappa shape index (κ1) is 19.4. The van der Waals surface area contributed by atoms with Crippen molar-refractivity contribution in [2.24, 2.45) is 0 Å². The number of rotatable bonds is 7. The van der Waals surface area contributed by atoms with Crippen molar-refractivity contribution in [1.29, 1.82) is 0 Å². The third-order valence-electron chi connectivity index (χ3n) is 4.77. The molecular weight excluding hydrogens is 362 g/mol. The van der Waals surface area contributed by atoms with Gasteiger partial charge in [-0.25, -0.2) is 0 Å². The highest BCUT2D eigenvalue weighted by Crippen LogP contribution is 2.39. The lowest BCUT2D eigenvalue weighted by molar-refractivity contribution is -0.129. The van der Waals surface area contributed by atoms with Crippen LogP contribution in [0.3, 0.4) is 0 Å². The molecule has 1 heterocycles. The average molecular weight is 388 g/mol. The molecule has 1 aliphatic heterocycles. The minimum Gasteiger partial charge on any atom is -0.497 e. The van der Waals surface area contributed by atoms with Gasteiger partial charge in [-0.3, -0.25) is 4.79 Å². The molecule has 1 saturated heterocycles. The molecule has 1 fully saturated rings. The summed E-state index contributed by atoms with van der Waals surface area (Å²) in [6.45, 7) is 0.766. The molecular formula is C21H25NO4S. The van der Waals surface area contributed by atoms with Crippen molar-refractivity contribution >= 4 is 17.7 Å². The Bertz CT molecular complexity index is 796. The van der Waals surface area contributed by atoms with Gasteiger partial charge >= 0.3 is 0 Å². The largest absolute Gasteiger partial charge is 0.497 e. The monoisotopic (exact) mass is 387 g/mol. The lowest BCUT2D eigenvalue weighted by Crippen LogP contribution is -2.32. The number of nitrogens with zero attached hydrogens (tertiary/aromatic N) is 1. The van der Waals surface area contributed by atoms with Gasteiger partial charge in [0.2, 0.25) is 5.91 Å². The van der Waals surface area contributed by atoms with Crippen molar-refractivity contribution in [2.75, 3.05) is 33.6 Å². The van der Waals surface area contributed by atoms with E-state index >= 15 is 0 Å². The summed E-state index contributed by atoms with van der Waals surface area (Å²) in [6, 6.07) is 13.6. The lowest BCUT2D eigenvalue weighted by atomic mass is 10.0. The third kappa shape index (κ3) is 4.50. The van der Waals surface area contributed by atoms with Crippen molar-refractivity contribution in [3.8, 4) is 17.2 Å². The zero-order chi connectivity index (χ0) is 19.2. The minimum atomic E-state index is 0.0217. The molecule has 144 valence electrons. The van der Waals surface area contributed by atoms with E-state index in [9.17, 15) is 4.79 Å². The highest BCUT2D eigenvalue weighted by atomic mass is 32.2. The fourth-order valence-corrected chi connectivity index (χ4v) is 4.24. The van der Waals surface area contributed by atoms with Crippen LogP contribution in [-0.4, -0.2) is 44.4 Å². The molecule has 1 aliphatic rings. The number of ether oxygens (including phenoxy) is 3. The number of thioether (sulfide) groups is 1. The van der Waals surface area contributed by atoms with Gasteiger partial charge in [0.25, 0.3) is 0 Å². The number of methoxy groups -OCH3 is 3. The molecule has 3 rings (SSSR count). The Balaban J connectivity index is 1.73. The molecule has 0 bridgehead atoms. The molecule has 1 amide bonds. The van der Waals surface area contributed by atoms with Crippen molar-refractivity contribution in [1.82, 2.24) is 4.90 Å². The number of benzene rings is 2. The maximum Gasteiger partial charge on any atom is 0.233 e. The Hall–Kier alpha value is -2.34. The van der Waals surface area contributed by atoms with Gasteiger partial charge in [-0.2, -0.15) is 0 Å². The van der Waals surface area contributed by atoms with E-state index in [-0.39, 0.29) is 11.9 Å². The zero-order valence-electron chi connectivity index (χ0n) is 15.9. The second kappa shape index (κ2) is 9.04. The summed E-state index contributed by atoms with van der Waals surface area (Å²) < 4.78 is 16.1. The van der Waals surface area contributed by atoms with Gasteiger partial charge in [0.05, 0.1) is 33.1 Å². The van der Waals surface area contributed by atoms with Gasteiger partial charge in [0.1, 0.15) is 17.2 Å². The molecule has 27 heavy (non-hydrogen) atoms. The van der Waals surface area contributed by atoms with Crippen LogP contribution in [0.15, 0.2) is 47.4 Å². The average Bonchev–Trinajstić information content (AvgIpc) is 3.21. The predicted octanol–water partition coefficient (Wildman–Crippen LogP) is 4.17. The molecule has 2 aromatic carbocycles. The molecule has 0 saturated carbocycles. The number of hydrogen-bond acceptors (Lipinski definition) is 5. The minimum absolute atomic E-state index is 0.0217. The molecule has 0 spiro atoms. The van der Waals surface area contributed by atoms with E-state index in [2.05, 4.69) is 0 Å². The SMILES string of the molecule is COc1cccc(SCC(=O)N2CCCC2c2cc(OC)ccc2OC)c1. The Morgan fingerprint density at radius 2 is 1.85 bits per heavy atom. The van der Waals surface area contributed by atoms with Gasteiger partial charge in [-0.15, -0.1) is 11.8 Å². The summed E-state index contributed by atoms with van der Waals surface area (Å²) in [6.07, 6.45) is 1.92. The Morgan fingerprint density at radius 1 is 1.07 bits per heavy atom. The lowest BCUT2D eigenvalue weighted by Gasteiger charge is -2.26. The van der Waals surface area contributed by atoms with Gasteiger partial charge in [0, 0.05) is 17.0 Å². The summed E-state index contributed by atoms with van der Waals surface area (Å²) in [4.78, 5) is 15.9. The van der Waals surface area contributed by atoms with Crippen LogP contribution in [0.2, 0.25) is 0 Å². The first-order valence-corrected chi connectivity index (χ1v) is 9.93. The van der Waals surface area contributed by atoms with Crippen LogP contribution in [0.25, 0.3) is 0 Å². The smallest absolute Gasteiger partial charge is 0.233 e. The van der Waals surface area contributed by atoms with Gasteiger partial charge in [-0.1, -0.05) is 6.07 Å². The second-order valence-electron chi connectivity index (χ2n) is 6.32. The van der Waals surface area contributed by atoms with E-state index in [0.29, 0.717) is 5.75 Å². The Morgan fingerprint density at radius 3 is 2.59 bits per heavy atom. The summed E-state index contributed by atoms with van der Waals surface area (Å²) >= 11 is 1.53. The standard InChI is InChI=1S/C21H25NO4S/c1-24-15-6-4-7-17(12-15)27-14-21(23)22-11-5-8-19(22)18-13-16(25-2)9-10-20(18)26-3/h4,6-7,9-10,12-13,19H,5,8,11,14H2,1-3H3. The van der Waals surface area contributed by atoms with Crippen LogP contribution in [0.5, 0.6) is 17.2 Å². The molecule has 1 unspecified atom stereocenters. The quantitative estimate of drug-likeness (QED) is 0.668. The van der Waals surface area contributed by atoms with Crippen LogP contribution < -0.4 is 14.2 Å². The topological polar surface area (TPSA) is 48.0 Å². The van der Waals surface area contributed by atoms with Gasteiger partial charge in [0.15, 0.2) is 0 Å². The van der Waals surface area contributed by atoms with Crippen LogP contribution in [0.4, 0.5) is 0 Å². The molecule has 5 nitrogen and oxygen atoms in total. The van der Waals surface area contributed by atoms with E-state index in [0.717, 1.165) is 47.1 Å². The summed E-state index contributed by atoms with van der Waals surface area (Å²) in [5.74, 6) is 2.90. The molecule has 0 N–H and O–H groups in total. The van der Waals surface area contributed by atoms with Crippen LogP contribution in [0, 0.1) is 0 Å². The summed E-state index contributed by atoms with van der Waals surface area (Å²) in [5.41, 5.74) is 1.01. The van der Waals surface area contributed by atoms with Crippen molar-refractivity contribution in [2.45, 2.75) is 23.8 Å². The fraction of sp³-hybridized carbons (Fsp3) is 0.381. The molecule has 0 radical (unpaired) electrons. The predicted molar refractivity (Wildman–Crippen MR) is 107 cm³/mol. The Kier molecular flexibility index (Phi) is 6.50. The van der Waals surface area contributed by atoms with E-state index in [1.165, 1.54) is 11.8 Å². The maximum atomic E-state index is 12.9. The zero-order valence-corrected chi connectivity index (χ0v) is 16.8. The van der Waals surface area contributed by atoms with Gasteiger partial charge in [-0.05, 0) is 49.2 Å². The van der Waals surface area contributed by atoms with E-state index in [1.54, 1.807) is 21.3 Å². The molecule has 0 aliphatic carbocycles. The molecule has 2 aromatic rings. The summed E-state index contributed by atoms with van der Waals surface area (Å²) in [7, 11) is 4.95. The fourth-order valence-electron chi connectivity index (χ4n) is 3.41. The molecule has 6 heteroatoms. The van der Waals surface area contributed by atoms with Crippen LogP contribution >= 0.6 is 11.8 Å². The maximum absolute atomic E-state index is 12.9. The highest BCUT2D eigenvalue weighted by Gasteiger charge is 2.32. The van der Waals surface area contributed by atoms with Gasteiger partial charge < -0.3 is 19.1 Å². The normalized spacial score (nSPS) is 16.3. The van der Waals surface area contributed by atoms with E-state index in [4.69, 9.17) is 14.2 Å².